The van der Waals surface area contributed by atoms with E-state index in [1.54, 1.807) is 0 Å². The molecule has 0 saturated carbocycles. The standard InChI is InChI=1S/C6H8AsN/c8-6-4-2-1-3-5-7-6/h1-5,7H,8H2. The van der Waals surface area contributed by atoms with Crippen LogP contribution in [0.1, 0.15) is 0 Å². The summed E-state index contributed by atoms with van der Waals surface area (Å²) in [5.74, 6) is 0. The van der Waals surface area contributed by atoms with Crippen molar-refractivity contribution in [1.29, 1.82) is 0 Å². The van der Waals surface area contributed by atoms with Gasteiger partial charge in [-0.2, -0.15) is 0 Å². The second-order valence-electron chi connectivity index (χ2n) is 1.51. The first-order chi connectivity index (χ1) is 3.89. The molecule has 1 unspecified atom stereocenters. The van der Waals surface area contributed by atoms with Crippen LogP contribution < -0.4 is 5.73 Å². The van der Waals surface area contributed by atoms with Gasteiger partial charge in [-0.15, -0.1) is 0 Å². The zero-order valence-electron chi connectivity index (χ0n) is 4.46. The van der Waals surface area contributed by atoms with Gasteiger partial charge < -0.3 is 0 Å². The summed E-state index contributed by atoms with van der Waals surface area (Å²) in [5.41, 5.74) is 5.55. The summed E-state index contributed by atoms with van der Waals surface area (Å²) < 4.78 is 1.05. The molecule has 0 amide bonds. The molecule has 0 saturated heterocycles. The van der Waals surface area contributed by atoms with E-state index in [2.05, 4.69) is 10.9 Å². The topological polar surface area (TPSA) is 26.0 Å². The molecule has 1 heterocycles. The fourth-order valence-electron chi connectivity index (χ4n) is 0.471. The SMILES string of the molecule is NC1=CC=CC=C[AsH]1. The maximum absolute atomic E-state index is 5.55. The number of hydrogen-bond acceptors (Lipinski definition) is 1. The average molecular weight is 169 g/mol. The van der Waals surface area contributed by atoms with Crippen molar-refractivity contribution in [3.05, 3.63) is 33.7 Å². The Morgan fingerprint density at radius 2 is 2.12 bits per heavy atom. The van der Waals surface area contributed by atoms with E-state index in [4.69, 9.17) is 5.73 Å². The Hall–Kier alpha value is -0.422. The molecule has 1 aliphatic rings. The van der Waals surface area contributed by atoms with Crippen molar-refractivity contribution >= 4 is 15.8 Å². The maximum atomic E-state index is 5.55. The van der Waals surface area contributed by atoms with Crippen LogP contribution in [0.25, 0.3) is 0 Å². The Bertz CT molecular complexity index is 156. The van der Waals surface area contributed by atoms with Gasteiger partial charge in [0.05, 0.1) is 0 Å². The zero-order valence-corrected chi connectivity index (χ0v) is 6.56. The second kappa shape index (κ2) is 2.78. The van der Waals surface area contributed by atoms with Gasteiger partial charge in [-0.1, -0.05) is 0 Å². The predicted molar refractivity (Wildman–Crippen MR) is 37.7 cm³/mol. The van der Waals surface area contributed by atoms with Crippen molar-refractivity contribution in [1.82, 2.24) is 0 Å². The molecule has 1 atom stereocenters. The normalized spacial score (nSPS) is 20.8. The van der Waals surface area contributed by atoms with Crippen molar-refractivity contribution in [2.24, 2.45) is 5.73 Å². The van der Waals surface area contributed by atoms with Gasteiger partial charge in [0.15, 0.2) is 0 Å². The summed E-state index contributed by atoms with van der Waals surface area (Å²) in [4.78, 5) is 2.16. The van der Waals surface area contributed by atoms with Gasteiger partial charge in [-0.3, -0.25) is 0 Å². The first-order valence-corrected chi connectivity index (χ1v) is 4.71. The van der Waals surface area contributed by atoms with E-state index in [9.17, 15) is 0 Å². The zero-order chi connectivity index (χ0) is 5.82. The van der Waals surface area contributed by atoms with Gasteiger partial charge in [0.25, 0.3) is 0 Å². The third kappa shape index (κ3) is 1.59. The Morgan fingerprint density at radius 1 is 1.25 bits per heavy atom. The number of rotatable bonds is 0. The molecule has 1 rings (SSSR count). The molecule has 1 nitrogen and oxygen atoms in total. The van der Waals surface area contributed by atoms with E-state index in [0.717, 1.165) is 4.48 Å². The van der Waals surface area contributed by atoms with Crippen LogP contribution in [0.3, 0.4) is 0 Å². The van der Waals surface area contributed by atoms with Crippen molar-refractivity contribution in [3.8, 4) is 0 Å². The summed E-state index contributed by atoms with van der Waals surface area (Å²) in [6.45, 7) is 0. The molecule has 0 spiro atoms. The molecule has 0 aromatic carbocycles. The van der Waals surface area contributed by atoms with Crippen molar-refractivity contribution in [2.75, 3.05) is 0 Å². The van der Waals surface area contributed by atoms with Gasteiger partial charge in [0.2, 0.25) is 0 Å². The molecule has 42 valence electrons. The van der Waals surface area contributed by atoms with Gasteiger partial charge in [-0.25, -0.2) is 0 Å². The van der Waals surface area contributed by atoms with E-state index in [0.29, 0.717) is 0 Å². The molecule has 0 bridgehead atoms. The van der Waals surface area contributed by atoms with Crippen molar-refractivity contribution in [3.63, 3.8) is 0 Å². The summed E-state index contributed by atoms with van der Waals surface area (Å²) in [7, 11) is 0. The molecule has 2 heteroatoms. The van der Waals surface area contributed by atoms with Crippen LogP contribution in [-0.2, 0) is 0 Å². The van der Waals surface area contributed by atoms with E-state index in [-0.39, 0.29) is 15.8 Å². The minimum absolute atomic E-state index is 0.0972. The summed E-state index contributed by atoms with van der Waals surface area (Å²) in [6.07, 6.45) is 8.00. The Morgan fingerprint density at radius 3 is 3.00 bits per heavy atom. The molecular weight excluding hydrogens is 161 g/mol. The third-order valence-corrected chi connectivity index (χ3v) is 2.65. The molecule has 0 aliphatic carbocycles. The summed E-state index contributed by atoms with van der Waals surface area (Å²) in [5, 5.41) is 0. The van der Waals surface area contributed by atoms with Gasteiger partial charge >= 0.3 is 55.1 Å². The quantitative estimate of drug-likeness (QED) is 0.519. The molecule has 0 radical (unpaired) electrons. The van der Waals surface area contributed by atoms with Crippen LogP contribution in [0.15, 0.2) is 33.7 Å². The monoisotopic (exact) mass is 169 g/mol. The van der Waals surface area contributed by atoms with Gasteiger partial charge in [0, 0.05) is 0 Å². The van der Waals surface area contributed by atoms with E-state index >= 15 is 0 Å². The molecule has 2 N–H and O–H groups in total. The minimum atomic E-state index is -0.0972. The fourth-order valence-corrected chi connectivity index (χ4v) is 1.71. The first-order valence-electron chi connectivity index (χ1n) is 2.45. The Balaban J connectivity index is 2.69. The third-order valence-electron chi connectivity index (χ3n) is 0.844. The van der Waals surface area contributed by atoms with Crippen LogP contribution in [0, 0.1) is 0 Å². The fraction of sp³-hybridized carbons (Fsp3) is 0. The van der Waals surface area contributed by atoms with Crippen molar-refractivity contribution < 1.29 is 0 Å². The van der Waals surface area contributed by atoms with Crippen LogP contribution in [0.5, 0.6) is 0 Å². The molecular formula is C6H8AsN. The average Bonchev–Trinajstić information content (AvgIpc) is 1.94. The first kappa shape index (κ1) is 5.71. The molecule has 0 aromatic rings. The van der Waals surface area contributed by atoms with Crippen LogP contribution >= 0.6 is 0 Å². The van der Waals surface area contributed by atoms with Crippen LogP contribution in [0.4, 0.5) is 0 Å². The number of hydrogen-bond donors (Lipinski definition) is 1. The molecule has 1 aliphatic heterocycles. The second-order valence-corrected chi connectivity index (χ2v) is 4.03. The van der Waals surface area contributed by atoms with Crippen LogP contribution in [-0.4, -0.2) is 15.8 Å². The molecule has 8 heavy (non-hydrogen) atoms. The molecule has 0 fully saturated rings. The van der Waals surface area contributed by atoms with E-state index < -0.39 is 0 Å². The van der Waals surface area contributed by atoms with E-state index in [1.165, 1.54) is 0 Å². The predicted octanol–water partition coefficient (Wildman–Crippen LogP) is 0.307. The summed E-state index contributed by atoms with van der Waals surface area (Å²) >= 11 is -0.0972. The van der Waals surface area contributed by atoms with Gasteiger partial charge in [0.1, 0.15) is 0 Å². The Labute approximate surface area is 55.6 Å². The number of allylic oxidation sites excluding steroid dienone is 4. The van der Waals surface area contributed by atoms with Crippen LogP contribution in [0.2, 0.25) is 0 Å². The number of nitrogens with two attached hydrogens (primary N) is 1. The van der Waals surface area contributed by atoms with E-state index in [1.807, 2.05) is 18.2 Å². The molecule has 0 aromatic heterocycles. The Kier molecular flexibility index (Phi) is 1.99. The summed E-state index contributed by atoms with van der Waals surface area (Å²) in [6, 6.07) is 0. The van der Waals surface area contributed by atoms with Gasteiger partial charge in [-0.05, 0) is 0 Å². The van der Waals surface area contributed by atoms with Crippen molar-refractivity contribution in [2.45, 2.75) is 0 Å².